The van der Waals surface area contributed by atoms with Crippen LogP contribution in [0.4, 0.5) is 0 Å². The van der Waals surface area contributed by atoms with Gasteiger partial charge in [0.05, 0.1) is 5.75 Å². The standard InChI is InChI=1S/C26H36N2O2S/c1-6-21(5)27-26(30)24(7-2)28(16-22-14-10-8-12-19(22)3)25(29)18-31-17-23-15-11-9-13-20(23)4/h8-15,21,24H,6-7,16-18H2,1-5H3,(H,27,30)/t21-,24-/m0/s1. The number of thioether (sulfide) groups is 1. The van der Waals surface area contributed by atoms with Crippen molar-refractivity contribution < 1.29 is 9.59 Å². The second kappa shape index (κ2) is 12.6. The maximum absolute atomic E-state index is 13.3. The van der Waals surface area contributed by atoms with Gasteiger partial charge in [0.25, 0.3) is 0 Å². The van der Waals surface area contributed by atoms with E-state index in [9.17, 15) is 9.59 Å². The van der Waals surface area contributed by atoms with Crippen molar-refractivity contribution in [3.05, 3.63) is 70.8 Å². The average Bonchev–Trinajstić information content (AvgIpc) is 2.76. The first-order chi connectivity index (χ1) is 14.9. The molecule has 0 bridgehead atoms. The van der Waals surface area contributed by atoms with Crippen LogP contribution in [0.5, 0.6) is 0 Å². The molecular weight excluding hydrogens is 404 g/mol. The molecule has 0 aliphatic rings. The molecule has 0 spiro atoms. The van der Waals surface area contributed by atoms with Crippen LogP contribution in [0, 0.1) is 13.8 Å². The summed E-state index contributed by atoms with van der Waals surface area (Å²) in [7, 11) is 0. The van der Waals surface area contributed by atoms with Gasteiger partial charge in [0.1, 0.15) is 6.04 Å². The number of hydrogen-bond donors (Lipinski definition) is 1. The average molecular weight is 441 g/mol. The molecule has 2 atom stereocenters. The number of amides is 2. The van der Waals surface area contributed by atoms with Crippen molar-refractivity contribution in [2.75, 3.05) is 5.75 Å². The molecule has 0 saturated carbocycles. The minimum Gasteiger partial charge on any atom is -0.352 e. The molecule has 5 heteroatoms. The third kappa shape index (κ3) is 7.42. The van der Waals surface area contributed by atoms with E-state index in [2.05, 4.69) is 24.4 Å². The Morgan fingerprint density at radius 1 is 0.935 bits per heavy atom. The van der Waals surface area contributed by atoms with Crippen molar-refractivity contribution in [1.29, 1.82) is 0 Å². The van der Waals surface area contributed by atoms with Crippen molar-refractivity contribution in [3.63, 3.8) is 0 Å². The topological polar surface area (TPSA) is 49.4 Å². The molecule has 4 nitrogen and oxygen atoms in total. The normalized spacial score (nSPS) is 12.8. The maximum Gasteiger partial charge on any atom is 0.243 e. The molecule has 0 aliphatic carbocycles. The van der Waals surface area contributed by atoms with Crippen molar-refractivity contribution >= 4 is 23.6 Å². The molecule has 2 rings (SSSR count). The van der Waals surface area contributed by atoms with Crippen molar-refractivity contribution in [2.45, 2.75) is 71.8 Å². The van der Waals surface area contributed by atoms with Gasteiger partial charge in [-0.15, -0.1) is 11.8 Å². The van der Waals surface area contributed by atoms with Gasteiger partial charge in [0.2, 0.25) is 11.8 Å². The number of hydrogen-bond acceptors (Lipinski definition) is 3. The van der Waals surface area contributed by atoms with Gasteiger partial charge in [-0.25, -0.2) is 0 Å². The lowest BCUT2D eigenvalue weighted by molar-refractivity contribution is -0.139. The van der Waals surface area contributed by atoms with Crippen LogP contribution in [-0.4, -0.2) is 34.6 Å². The Morgan fingerprint density at radius 3 is 2.06 bits per heavy atom. The molecule has 2 aromatic rings. The highest BCUT2D eigenvalue weighted by Gasteiger charge is 2.29. The first-order valence-electron chi connectivity index (χ1n) is 11.1. The van der Waals surface area contributed by atoms with E-state index in [0.717, 1.165) is 23.3 Å². The van der Waals surface area contributed by atoms with E-state index in [0.29, 0.717) is 18.7 Å². The third-order valence-corrected chi connectivity index (χ3v) is 6.70. The molecule has 2 amide bonds. The molecule has 168 valence electrons. The molecule has 0 heterocycles. The van der Waals surface area contributed by atoms with Gasteiger partial charge in [-0.1, -0.05) is 62.4 Å². The van der Waals surface area contributed by atoms with Gasteiger partial charge in [-0.2, -0.15) is 0 Å². The quantitative estimate of drug-likeness (QED) is 0.519. The van der Waals surface area contributed by atoms with Crippen LogP contribution >= 0.6 is 11.8 Å². The number of carbonyl (C=O) groups excluding carboxylic acids is 2. The number of benzene rings is 2. The highest BCUT2D eigenvalue weighted by Crippen LogP contribution is 2.20. The van der Waals surface area contributed by atoms with Crippen molar-refractivity contribution in [2.24, 2.45) is 0 Å². The predicted octanol–water partition coefficient (Wildman–Crippen LogP) is 5.26. The number of aryl methyl sites for hydroxylation is 2. The molecule has 0 fully saturated rings. The number of nitrogens with zero attached hydrogens (tertiary/aromatic N) is 1. The summed E-state index contributed by atoms with van der Waals surface area (Å²) in [5, 5.41) is 3.07. The summed E-state index contributed by atoms with van der Waals surface area (Å²) < 4.78 is 0. The van der Waals surface area contributed by atoms with E-state index in [-0.39, 0.29) is 17.9 Å². The largest absolute Gasteiger partial charge is 0.352 e. The summed E-state index contributed by atoms with van der Waals surface area (Å²) in [6.45, 7) is 10.6. The lowest BCUT2D eigenvalue weighted by atomic mass is 10.1. The van der Waals surface area contributed by atoms with E-state index >= 15 is 0 Å². The van der Waals surface area contributed by atoms with Crippen LogP contribution in [0.15, 0.2) is 48.5 Å². The third-order valence-electron chi connectivity index (χ3n) is 5.73. The summed E-state index contributed by atoms with van der Waals surface area (Å²) in [5.74, 6) is 1.08. The monoisotopic (exact) mass is 440 g/mol. The van der Waals surface area contributed by atoms with Gasteiger partial charge in [-0.3, -0.25) is 9.59 Å². The Balaban J connectivity index is 2.16. The SMILES string of the molecule is CC[C@H](C)NC(=O)[C@H](CC)N(Cc1ccccc1C)C(=O)CSCc1ccccc1C. The summed E-state index contributed by atoms with van der Waals surface area (Å²) >= 11 is 1.61. The second-order valence-electron chi connectivity index (χ2n) is 8.11. The highest BCUT2D eigenvalue weighted by atomic mass is 32.2. The second-order valence-corrected chi connectivity index (χ2v) is 9.09. The van der Waals surface area contributed by atoms with E-state index < -0.39 is 6.04 Å². The number of rotatable bonds is 11. The zero-order valence-electron chi connectivity index (χ0n) is 19.5. The summed E-state index contributed by atoms with van der Waals surface area (Å²) in [6.07, 6.45) is 1.45. The van der Waals surface area contributed by atoms with Gasteiger partial charge in [0, 0.05) is 18.3 Å². The molecule has 0 aromatic heterocycles. The fourth-order valence-corrected chi connectivity index (χ4v) is 4.42. The van der Waals surface area contributed by atoms with Gasteiger partial charge < -0.3 is 10.2 Å². The van der Waals surface area contributed by atoms with Crippen molar-refractivity contribution in [1.82, 2.24) is 10.2 Å². The van der Waals surface area contributed by atoms with Crippen molar-refractivity contribution in [3.8, 4) is 0 Å². The number of carbonyl (C=O) groups is 2. The minimum atomic E-state index is -0.472. The fourth-order valence-electron chi connectivity index (χ4n) is 3.43. The fraction of sp³-hybridized carbons (Fsp3) is 0.462. The molecule has 31 heavy (non-hydrogen) atoms. The zero-order chi connectivity index (χ0) is 22.8. The van der Waals surface area contributed by atoms with E-state index in [4.69, 9.17) is 0 Å². The van der Waals surface area contributed by atoms with E-state index in [1.165, 1.54) is 11.1 Å². The van der Waals surface area contributed by atoms with E-state index in [1.54, 1.807) is 16.7 Å². The Kier molecular flexibility index (Phi) is 10.1. The minimum absolute atomic E-state index is 0.00740. The molecule has 0 aliphatic heterocycles. The lowest BCUT2D eigenvalue weighted by Crippen LogP contribution is -2.51. The maximum atomic E-state index is 13.3. The molecular formula is C26H36N2O2S. The molecule has 1 N–H and O–H groups in total. The first-order valence-corrected chi connectivity index (χ1v) is 12.3. The van der Waals surface area contributed by atoms with Gasteiger partial charge in [0.15, 0.2) is 0 Å². The van der Waals surface area contributed by atoms with Crippen LogP contribution < -0.4 is 5.32 Å². The summed E-state index contributed by atoms with van der Waals surface area (Å²) in [6, 6.07) is 15.9. The molecule has 0 unspecified atom stereocenters. The highest BCUT2D eigenvalue weighted by molar-refractivity contribution is 7.99. The Labute approximate surface area is 191 Å². The van der Waals surface area contributed by atoms with Crippen LogP contribution in [-0.2, 0) is 21.9 Å². The Bertz CT molecular complexity index is 868. The predicted molar refractivity (Wildman–Crippen MR) is 131 cm³/mol. The first kappa shape index (κ1) is 25.0. The van der Waals surface area contributed by atoms with Crippen LogP contribution in [0.3, 0.4) is 0 Å². The Morgan fingerprint density at radius 2 is 1.52 bits per heavy atom. The van der Waals surface area contributed by atoms with Crippen LogP contribution in [0.25, 0.3) is 0 Å². The smallest absolute Gasteiger partial charge is 0.243 e. The number of nitrogens with one attached hydrogen (secondary N) is 1. The molecule has 0 saturated heterocycles. The van der Waals surface area contributed by atoms with Gasteiger partial charge >= 0.3 is 0 Å². The van der Waals surface area contributed by atoms with Crippen LogP contribution in [0.1, 0.15) is 55.9 Å². The molecule has 2 aromatic carbocycles. The Hall–Kier alpha value is -2.27. The van der Waals surface area contributed by atoms with E-state index in [1.807, 2.05) is 64.1 Å². The zero-order valence-corrected chi connectivity index (χ0v) is 20.3. The lowest BCUT2D eigenvalue weighted by Gasteiger charge is -2.32. The summed E-state index contributed by atoms with van der Waals surface area (Å²) in [5.41, 5.74) is 4.69. The van der Waals surface area contributed by atoms with Crippen LogP contribution in [0.2, 0.25) is 0 Å². The molecule has 0 radical (unpaired) electrons. The van der Waals surface area contributed by atoms with Gasteiger partial charge in [-0.05, 0) is 55.9 Å². The summed E-state index contributed by atoms with van der Waals surface area (Å²) in [4.78, 5) is 28.1.